The van der Waals surface area contributed by atoms with Crippen LogP contribution < -0.4 is 10.1 Å². The van der Waals surface area contributed by atoms with Crippen LogP contribution in [0.15, 0.2) is 22.7 Å². The molecule has 2 heterocycles. The zero-order valence-electron chi connectivity index (χ0n) is 12.1. The fourth-order valence-corrected chi connectivity index (χ4v) is 4.02. The lowest BCUT2D eigenvalue weighted by molar-refractivity contribution is 0.180. The van der Waals surface area contributed by atoms with Crippen LogP contribution in [0, 0.1) is 0 Å². The zero-order valence-corrected chi connectivity index (χ0v) is 13.7. The quantitative estimate of drug-likeness (QED) is 0.912. The Kier molecular flexibility index (Phi) is 4.64. The van der Waals surface area contributed by atoms with Crippen molar-refractivity contribution >= 4 is 15.9 Å². The molecule has 20 heavy (non-hydrogen) atoms. The van der Waals surface area contributed by atoms with Gasteiger partial charge in [-0.05, 0) is 44.0 Å². The van der Waals surface area contributed by atoms with Crippen molar-refractivity contribution in [2.24, 2.45) is 0 Å². The van der Waals surface area contributed by atoms with E-state index >= 15 is 0 Å². The zero-order chi connectivity index (χ0) is 13.9. The monoisotopic (exact) mass is 338 g/mol. The summed E-state index contributed by atoms with van der Waals surface area (Å²) in [6.45, 7) is 3.44. The number of methoxy groups -OCH3 is 1. The van der Waals surface area contributed by atoms with E-state index in [0.717, 1.165) is 22.8 Å². The highest BCUT2D eigenvalue weighted by atomic mass is 79.9. The summed E-state index contributed by atoms with van der Waals surface area (Å²) in [6.07, 6.45) is 5.40. The number of hydrogen-bond acceptors (Lipinski definition) is 3. The molecule has 0 aromatic heterocycles. The minimum absolute atomic E-state index is 0.638. The molecule has 1 N–H and O–H groups in total. The van der Waals surface area contributed by atoms with Crippen LogP contribution in [0.3, 0.4) is 0 Å². The van der Waals surface area contributed by atoms with Gasteiger partial charge in [-0.1, -0.05) is 22.4 Å². The first-order valence-corrected chi connectivity index (χ1v) is 8.37. The molecule has 1 aromatic carbocycles. The second kappa shape index (κ2) is 6.46. The van der Waals surface area contributed by atoms with Crippen molar-refractivity contribution in [2.75, 3.05) is 20.2 Å². The number of halogens is 1. The first kappa shape index (κ1) is 14.4. The van der Waals surface area contributed by atoms with Crippen molar-refractivity contribution in [3.8, 4) is 5.75 Å². The van der Waals surface area contributed by atoms with Gasteiger partial charge in [-0.2, -0.15) is 0 Å². The van der Waals surface area contributed by atoms with Crippen molar-refractivity contribution in [3.63, 3.8) is 0 Å². The molecule has 2 unspecified atom stereocenters. The Hall–Kier alpha value is -0.580. The fourth-order valence-electron chi connectivity index (χ4n) is 3.61. The summed E-state index contributed by atoms with van der Waals surface area (Å²) in [5, 5.41) is 3.76. The molecule has 2 aliphatic heterocycles. The van der Waals surface area contributed by atoms with Gasteiger partial charge in [0.25, 0.3) is 0 Å². The first-order chi connectivity index (χ1) is 9.78. The lowest BCUT2D eigenvalue weighted by Gasteiger charge is -2.32. The van der Waals surface area contributed by atoms with Gasteiger partial charge in [0.1, 0.15) is 5.75 Å². The second-order valence-corrected chi connectivity index (χ2v) is 6.75. The van der Waals surface area contributed by atoms with Crippen LogP contribution in [0.5, 0.6) is 5.75 Å². The van der Waals surface area contributed by atoms with E-state index in [4.69, 9.17) is 4.74 Å². The summed E-state index contributed by atoms with van der Waals surface area (Å²) in [7, 11) is 1.74. The minimum atomic E-state index is 0.638. The molecule has 2 aliphatic rings. The van der Waals surface area contributed by atoms with E-state index in [1.807, 2.05) is 12.1 Å². The summed E-state index contributed by atoms with van der Waals surface area (Å²) >= 11 is 3.54. The summed E-state index contributed by atoms with van der Waals surface area (Å²) in [4.78, 5) is 2.67. The van der Waals surface area contributed by atoms with Crippen LogP contribution in [-0.4, -0.2) is 37.2 Å². The molecule has 110 valence electrons. The molecule has 0 bridgehead atoms. The molecule has 0 amide bonds. The fraction of sp³-hybridized carbons (Fsp3) is 0.625. The number of piperidine rings is 1. The Balaban J connectivity index is 1.63. The molecular weight excluding hydrogens is 316 g/mol. The maximum Gasteiger partial charge on any atom is 0.123 e. The lowest BCUT2D eigenvalue weighted by Crippen LogP contribution is -2.44. The van der Waals surface area contributed by atoms with E-state index in [1.54, 1.807) is 7.11 Å². The maximum absolute atomic E-state index is 5.45. The highest BCUT2D eigenvalue weighted by Gasteiger charge is 2.34. The van der Waals surface area contributed by atoms with Crippen molar-refractivity contribution in [1.82, 2.24) is 10.2 Å². The Labute approximate surface area is 129 Å². The van der Waals surface area contributed by atoms with Crippen LogP contribution in [0.4, 0.5) is 0 Å². The first-order valence-electron chi connectivity index (χ1n) is 7.58. The Morgan fingerprint density at radius 2 is 2.20 bits per heavy atom. The molecule has 2 saturated heterocycles. The highest BCUT2D eigenvalue weighted by molar-refractivity contribution is 9.10. The summed E-state index contributed by atoms with van der Waals surface area (Å²) in [5.41, 5.74) is 1.23. The molecule has 4 heteroatoms. The molecule has 0 aliphatic carbocycles. The maximum atomic E-state index is 5.45. The molecule has 0 radical (unpaired) electrons. The summed E-state index contributed by atoms with van der Waals surface area (Å²) in [6, 6.07) is 7.60. The Bertz CT molecular complexity index is 466. The van der Waals surface area contributed by atoms with E-state index in [-0.39, 0.29) is 0 Å². The molecule has 0 spiro atoms. The smallest absolute Gasteiger partial charge is 0.123 e. The Morgan fingerprint density at radius 1 is 1.30 bits per heavy atom. The number of rotatable bonds is 4. The van der Waals surface area contributed by atoms with Gasteiger partial charge in [0.15, 0.2) is 0 Å². The van der Waals surface area contributed by atoms with Gasteiger partial charge in [-0.25, -0.2) is 0 Å². The minimum Gasteiger partial charge on any atom is -0.496 e. The van der Waals surface area contributed by atoms with Gasteiger partial charge in [0.05, 0.1) is 7.11 Å². The van der Waals surface area contributed by atoms with Crippen LogP contribution in [0.25, 0.3) is 0 Å². The van der Waals surface area contributed by atoms with Crippen LogP contribution in [-0.2, 0) is 6.54 Å². The van der Waals surface area contributed by atoms with E-state index < -0.39 is 0 Å². The molecule has 2 fully saturated rings. The molecule has 3 nitrogen and oxygen atoms in total. The van der Waals surface area contributed by atoms with E-state index in [1.165, 1.54) is 44.3 Å². The predicted molar refractivity (Wildman–Crippen MR) is 85.2 cm³/mol. The van der Waals surface area contributed by atoms with Gasteiger partial charge in [0.2, 0.25) is 0 Å². The van der Waals surface area contributed by atoms with E-state index in [0.29, 0.717) is 6.04 Å². The molecule has 1 aromatic rings. The second-order valence-electron chi connectivity index (χ2n) is 5.83. The molecule has 3 rings (SSSR count). The Morgan fingerprint density at radius 3 is 3.05 bits per heavy atom. The summed E-state index contributed by atoms with van der Waals surface area (Å²) in [5.74, 6) is 0.971. The number of ether oxygens (including phenoxy) is 1. The number of nitrogens with zero attached hydrogens (tertiary/aromatic N) is 1. The van der Waals surface area contributed by atoms with Crippen LogP contribution >= 0.6 is 15.9 Å². The van der Waals surface area contributed by atoms with Gasteiger partial charge in [0, 0.05) is 35.2 Å². The number of benzene rings is 1. The van der Waals surface area contributed by atoms with Crippen molar-refractivity contribution in [2.45, 2.75) is 44.3 Å². The molecule has 2 atom stereocenters. The van der Waals surface area contributed by atoms with Crippen molar-refractivity contribution in [3.05, 3.63) is 28.2 Å². The summed E-state index contributed by atoms with van der Waals surface area (Å²) < 4.78 is 6.56. The molecular formula is C16H23BrN2O. The normalized spacial score (nSPS) is 26.5. The number of hydrogen-bond donors (Lipinski definition) is 1. The van der Waals surface area contributed by atoms with Crippen LogP contribution in [0.2, 0.25) is 0 Å². The number of fused-ring (bicyclic) bond motifs is 1. The van der Waals surface area contributed by atoms with Crippen molar-refractivity contribution < 1.29 is 4.74 Å². The number of nitrogens with one attached hydrogen (secondary N) is 1. The van der Waals surface area contributed by atoms with E-state index in [2.05, 4.69) is 32.2 Å². The lowest BCUT2D eigenvalue weighted by atomic mass is 9.99. The largest absolute Gasteiger partial charge is 0.496 e. The molecule has 0 saturated carbocycles. The third-order valence-electron chi connectivity index (χ3n) is 4.65. The average Bonchev–Trinajstić information content (AvgIpc) is 2.88. The van der Waals surface area contributed by atoms with Gasteiger partial charge < -0.3 is 10.1 Å². The topological polar surface area (TPSA) is 24.5 Å². The average molecular weight is 339 g/mol. The van der Waals surface area contributed by atoms with Crippen molar-refractivity contribution in [1.29, 1.82) is 0 Å². The third-order valence-corrected chi connectivity index (χ3v) is 5.15. The third kappa shape index (κ3) is 3.02. The van der Waals surface area contributed by atoms with E-state index in [9.17, 15) is 0 Å². The van der Waals surface area contributed by atoms with Gasteiger partial charge in [-0.3, -0.25) is 4.90 Å². The van der Waals surface area contributed by atoms with Crippen LogP contribution in [0.1, 0.15) is 31.2 Å². The van der Waals surface area contributed by atoms with Gasteiger partial charge in [-0.15, -0.1) is 0 Å². The SMILES string of the molecule is COc1ccc(Br)cc1CNC1CCN2CCCCC12. The standard InChI is InChI=1S/C16H23BrN2O/c1-20-16-6-5-13(17)10-12(16)11-18-14-7-9-19-8-3-2-4-15(14)19/h5-6,10,14-15,18H,2-4,7-9,11H2,1H3. The predicted octanol–water partition coefficient (Wildman–Crippen LogP) is 3.17. The highest BCUT2D eigenvalue weighted by Crippen LogP contribution is 2.28. The van der Waals surface area contributed by atoms with Gasteiger partial charge >= 0.3 is 0 Å².